The van der Waals surface area contributed by atoms with Crippen LogP contribution in [-0.2, 0) is 12.8 Å². The minimum atomic E-state index is -0.389. The Bertz CT molecular complexity index is 1070. The van der Waals surface area contributed by atoms with Crippen LogP contribution in [0.3, 0.4) is 0 Å². The number of rotatable bonds is 3. The summed E-state index contributed by atoms with van der Waals surface area (Å²) in [5.41, 5.74) is 9.52. The first kappa shape index (κ1) is 16.8. The lowest BCUT2D eigenvalue weighted by Gasteiger charge is -2.26. The average Bonchev–Trinajstić information content (AvgIpc) is 2.63. The summed E-state index contributed by atoms with van der Waals surface area (Å²) in [4.78, 5) is 13.5. The van der Waals surface area contributed by atoms with E-state index in [-0.39, 0.29) is 17.4 Å². The molecule has 0 spiro atoms. The van der Waals surface area contributed by atoms with Crippen molar-refractivity contribution in [2.75, 3.05) is 7.11 Å². The van der Waals surface area contributed by atoms with E-state index in [9.17, 15) is 9.18 Å². The van der Waals surface area contributed by atoms with Crippen molar-refractivity contribution in [2.45, 2.75) is 32.2 Å². The van der Waals surface area contributed by atoms with Crippen molar-refractivity contribution >= 4 is 10.8 Å². The molecule has 0 bridgehead atoms. The first-order valence-corrected chi connectivity index (χ1v) is 8.81. The van der Waals surface area contributed by atoms with Crippen LogP contribution in [0.4, 0.5) is 4.39 Å². The van der Waals surface area contributed by atoms with Crippen LogP contribution < -0.4 is 16.0 Å². The highest BCUT2D eigenvalue weighted by atomic mass is 19.1. The van der Waals surface area contributed by atoms with Gasteiger partial charge in [-0.1, -0.05) is 12.1 Å². The van der Waals surface area contributed by atoms with Gasteiger partial charge in [0.15, 0.2) is 0 Å². The highest BCUT2D eigenvalue weighted by molar-refractivity contribution is 5.94. The summed E-state index contributed by atoms with van der Waals surface area (Å²) >= 11 is 0. The van der Waals surface area contributed by atoms with Crippen LogP contribution in [0.2, 0.25) is 0 Å². The zero-order chi connectivity index (χ0) is 18.4. The Morgan fingerprint density at radius 1 is 1.19 bits per heavy atom. The number of nitrogens with zero attached hydrogens (tertiary/aromatic N) is 1. The molecule has 0 amide bonds. The maximum atomic E-state index is 13.9. The number of aromatic nitrogens is 1. The lowest BCUT2D eigenvalue weighted by Crippen LogP contribution is -2.29. The molecule has 0 radical (unpaired) electrons. The first-order chi connectivity index (χ1) is 12.5. The van der Waals surface area contributed by atoms with E-state index in [0.29, 0.717) is 16.8 Å². The number of benzene rings is 2. The van der Waals surface area contributed by atoms with Crippen molar-refractivity contribution in [3.05, 3.63) is 69.4 Å². The molecule has 26 heavy (non-hydrogen) atoms. The molecule has 0 unspecified atom stereocenters. The predicted molar refractivity (Wildman–Crippen MR) is 101 cm³/mol. The van der Waals surface area contributed by atoms with Gasteiger partial charge in [-0.3, -0.25) is 9.36 Å². The molecule has 0 saturated carbocycles. The van der Waals surface area contributed by atoms with Crippen LogP contribution in [-0.4, -0.2) is 11.7 Å². The summed E-state index contributed by atoms with van der Waals surface area (Å²) in [5, 5.41) is 1.51. The average molecular weight is 352 g/mol. The molecule has 4 rings (SSSR count). The highest BCUT2D eigenvalue weighted by Crippen LogP contribution is 2.37. The number of methoxy groups -OCH3 is 1. The predicted octanol–water partition coefficient (Wildman–Crippen LogP) is 3.65. The topological polar surface area (TPSA) is 57.2 Å². The fourth-order valence-corrected chi connectivity index (χ4v) is 4.11. The zero-order valence-corrected chi connectivity index (χ0v) is 14.9. The van der Waals surface area contributed by atoms with Crippen LogP contribution in [0.1, 0.15) is 36.2 Å². The van der Waals surface area contributed by atoms with E-state index >= 15 is 0 Å². The lowest BCUT2D eigenvalue weighted by molar-refractivity contribution is 0.419. The largest absolute Gasteiger partial charge is 0.496 e. The van der Waals surface area contributed by atoms with Gasteiger partial charge in [0.2, 0.25) is 0 Å². The molecule has 1 aromatic heterocycles. The molecular weight excluding hydrogens is 331 g/mol. The quantitative estimate of drug-likeness (QED) is 0.783. The van der Waals surface area contributed by atoms with E-state index in [2.05, 4.69) is 0 Å². The Hall–Kier alpha value is -2.66. The number of aryl methyl sites for hydroxylation is 2. The molecule has 3 aromatic rings. The third kappa shape index (κ3) is 2.42. The SMILES string of the molecule is COc1ccc2c3c(c([C@H](C)N)n(-c4cccc(F)c4)c(=O)c13)CCC2. The molecular formula is C21H21FN2O2. The monoisotopic (exact) mass is 352 g/mol. The molecule has 134 valence electrons. The minimum Gasteiger partial charge on any atom is -0.496 e. The van der Waals surface area contributed by atoms with Crippen LogP contribution >= 0.6 is 0 Å². The van der Waals surface area contributed by atoms with Crippen LogP contribution in [0.5, 0.6) is 5.75 Å². The van der Waals surface area contributed by atoms with Crippen molar-refractivity contribution in [1.82, 2.24) is 4.57 Å². The van der Waals surface area contributed by atoms with Gasteiger partial charge < -0.3 is 10.5 Å². The van der Waals surface area contributed by atoms with Gasteiger partial charge in [-0.15, -0.1) is 0 Å². The molecule has 0 fully saturated rings. The van der Waals surface area contributed by atoms with Gasteiger partial charge >= 0.3 is 0 Å². The summed E-state index contributed by atoms with van der Waals surface area (Å²) in [6.07, 6.45) is 2.76. The zero-order valence-electron chi connectivity index (χ0n) is 14.9. The summed E-state index contributed by atoms with van der Waals surface area (Å²) in [7, 11) is 1.56. The Labute approximate surface area is 151 Å². The molecule has 2 N–H and O–H groups in total. The van der Waals surface area contributed by atoms with E-state index in [1.165, 1.54) is 12.1 Å². The molecule has 1 heterocycles. The van der Waals surface area contributed by atoms with E-state index in [1.807, 2.05) is 19.1 Å². The summed E-state index contributed by atoms with van der Waals surface area (Å²) in [5.74, 6) is 0.151. The van der Waals surface area contributed by atoms with Gasteiger partial charge in [-0.25, -0.2) is 4.39 Å². The van der Waals surface area contributed by atoms with E-state index < -0.39 is 0 Å². The molecule has 5 heteroatoms. The van der Waals surface area contributed by atoms with Gasteiger partial charge in [-0.05, 0) is 67.0 Å². The highest BCUT2D eigenvalue weighted by Gasteiger charge is 2.26. The first-order valence-electron chi connectivity index (χ1n) is 8.81. The van der Waals surface area contributed by atoms with Crippen molar-refractivity contribution in [3.63, 3.8) is 0 Å². The third-order valence-corrected chi connectivity index (χ3v) is 5.11. The molecule has 4 nitrogen and oxygen atoms in total. The minimum absolute atomic E-state index is 0.220. The molecule has 2 aromatic carbocycles. The number of hydrogen-bond donors (Lipinski definition) is 1. The van der Waals surface area contributed by atoms with Crippen LogP contribution in [0, 0.1) is 5.82 Å². The van der Waals surface area contributed by atoms with Gasteiger partial charge in [0.1, 0.15) is 11.6 Å². The number of pyridine rings is 1. The molecule has 1 aliphatic carbocycles. The summed E-state index contributed by atoms with van der Waals surface area (Å²) in [6.45, 7) is 1.86. The van der Waals surface area contributed by atoms with Crippen molar-refractivity contribution in [3.8, 4) is 11.4 Å². The van der Waals surface area contributed by atoms with Gasteiger partial charge in [-0.2, -0.15) is 0 Å². The van der Waals surface area contributed by atoms with E-state index in [1.54, 1.807) is 23.8 Å². The Kier molecular flexibility index (Phi) is 4.04. The molecule has 1 atom stereocenters. The standard InChI is InChI=1S/C21H21FN2O2/c1-12(23)20-16-8-3-5-13-9-10-17(26-2)19(18(13)16)21(25)24(20)15-7-4-6-14(22)11-15/h4,6-7,9-12H,3,5,8,23H2,1-2H3/t12-/m0/s1. The fourth-order valence-electron chi connectivity index (χ4n) is 4.11. The fraction of sp³-hybridized carbons (Fsp3) is 0.286. The second-order valence-corrected chi connectivity index (χ2v) is 6.80. The van der Waals surface area contributed by atoms with Gasteiger partial charge in [0.05, 0.1) is 18.2 Å². The maximum absolute atomic E-state index is 13.9. The second kappa shape index (κ2) is 6.25. The van der Waals surface area contributed by atoms with Crippen LogP contribution in [0.25, 0.3) is 16.5 Å². The lowest BCUT2D eigenvalue weighted by atomic mass is 9.86. The normalized spacial score (nSPS) is 14.5. The smallest absolute Gasteiger partial charge is 0.267 e. The Balaban J connectivity index is 2.24. The summed E-state index contributed by atoms with van der Waals surface area (Å²) < 4.78 is 20.9. The number of ether oxygens (including phenoxy) is 1. The Morgan fingerprint density at radius 2 is 2.00 bits per heavy atom. The second-order valence-electron chi connectivity index (χ2n) is 6.80. The van der Waals surface area contributed by atoms with Gasteiger partial charge in [0, 0.05) is 11.7 Å². The number of hydrogen-bond acceptors (Lipinski definition) is 3. The third-order valence-electron chi connectivity index (χ3n) is 5.11. The Morgan fingerprint density at radius 3 is 2.69 bits per heavy atom. The number of halogens is 1. The van der Waals surface area contributed by atoms with Crippen molar-refractivity contribution in [2.24, 2.45) is 5.73 Å². The van der Waals surface area contributed by atoms with Gasteiger partial charge in [0.25, 0.3) is 5.56 Å². The van der Waals surface area contributed by atoms with E-state index in [0.717, 1.165) is 41.5 Å². The molecule has 0 aliphatic heterocycles. The van der Waals surface area contributed by atoms with Crippen molar-refractivity contribution < 1.29 is 9.13 Å². The molecule has 0 saturated heterocycles. The molecule has 1 aliphatic rings. The number of nitrogens with two attached hydrogens (primary N) is 1. The van der Waals surface area contributed by atoms with Crippen LogP contribution in [0.15, 0.2) is 41.2 Å². The van der Waals surface area contributed by atoms with Crippen molar-refractivity contribution in [1.29, 1.82) is 0 Å². The summed E-state index contributed by atoms with van der Waals surface area (Å²) in [6, 6.07) is 9.58. The van der Waals surface area contributed by atoms with E-state index in [4.69, 9.17) is 10.5 Å². The maximum Gasteiger partial charge on any atom is 0.267 e.